The Hall–Kier alpha value is -1.69. The minimum Gasteiger partial charge on any atom is -0.326 e. The molecule has 0 bridgehead atoms. The maximum absolute atomic E-state index is 4.14. The van der Waals surface area contributed by atoms with Crippen LogP contribution in [0.3, 0.4) is 0 Å². The lowest BCUT2D eigenvalue weighted by molar-refractivity contribution is 0.623. The summed E-state index contributed by atoms with van der Waals surface area (Å²) in [4.78, 5) is 4.14. The van der Waals surface area contributed by atoms with Gasteiger partial charge in [0.05, 0.1) is 18.6 Å². The Morgan fingerprint density at radius 1 is 1.31 bits per heavy atom. The molecule has 0 unspecified atom stereocenters. The zero-order chi connectivity index (χ0) is 11.4. The van der Waals surface area contributed by atoms with Crippen molar-refractivity contribution in [3.8, 4) is 0 Å². The molecule has 6 nitrogen and oxygen atoms in total. The summed E-state index contributed by atoms with van der Waals surface area (Å²) in [5, 5.41) is 11.1. The van der Waals surface area contributed by atoms with Gasteiger partial charge in [-0.3, -0.25) is 0 Å². The summed E-state index contributed by atoms with van der Waals surface area (Å²) in [6.45, 7) is 4.48. The van der Waals surface area contributed by atoms with Crippen LogP contribution in [-0.2, 0) is 19.6 Å². The Morgan fingerprint density at radius 3 is 2.94 bits per heavy atom. The van der Waals surface area contributed by atoms with Crippen molar-refractivity contribution in [2.45, 2.75) is 26.6 Å². The van der Waals surface area contributed by atoms with E-state index in [4.69, 9.17) is 0 Å². The lowest BCUT2D eigenvalue weighted by atomic mass is 10.4. The first-order valence-corrected chi connectivity index (χ1v) is 5.35. The molecule has 0 saturated carbocycles. The first-order valence-electron chi connectivity index (χ1n) is 5.35. The lowest BCUT2D eigenvalue weighted by Gasteiger charge is -2.07. The smallest absolute Gasteiger partial charge is 0.152 e. The summed E-state index contributed by atoms with van der Waals surface area (Å²) in [6, 6.07) is 0. The molecule has 2 heterocycles. The van der Waals surface area contributed by atoms with Gasteiger partial charge in [0.15, 0.2) is 5.82 Å². The zero-order valence-corrected chi connectivity index (χ0v) is 9.59. The van der Waals surface area contributed by atoms with E-state index in [0.717, 1.165) is 24.6 Å². The van der Waals surface area contributed by atoms with E-state index in [-0.39, 0.29) is 0 Å². The number of hydrogen-bond donors (Lipinski definition) is 1. The summed E-state index contributed by atoms with van der Waals surface area (Å²) < 4.78 is 4.11. The summed E-state index contributed by atoms with van der Waals surface area (Å²) in [5.41, 5.74) is 1.15. The molecule has 16 heavy (non-hydrogen) atoms. The van der Waals surface area contributed by atoms with Gasteiger partial charge in [-0.25, -0.2) is 4.98 Å². The third kappa shape index (κ3) is 2.11. The highest BCUT2D eigenvalue weighted by Gasteiger charge is 2.06. The molecule has 2 rings (SSSR count). The standard InChI is InChI=1S/C10H16N6/c1-3-15-8-13-14-10(15)6-16-7-12-5-9(16)4-11-2/h5,7-8,11H,3-4,6H2,1-2H3. The first-order chi connectivity index (χ1) is 7.85. The summed E-state index contributed by atoms with van der Waals surface area (Å²) >= 11 is 0. The number of nitrogens with one attached hydrogen (secondary N) is 1. The van der Waals surface area contributed by atoms with Gasteiger partial charge >= 0.3 is 0 Å². The molecule has 0 amide bonds. The van der Waals surface area contributed by atoms with Crippen molar-refractivity contribution in [3.63, 3.8) is 0 Å². The molecular weight excluding hydrogens is 204 g/mol. The number of nitrogens with zero attached hydrogens (tertiary/aromatic N) is 5. The van der Waals surface area contributed by atoms with Crippen molar-refractivity contribution in [2.24, 2.45) is 0 Å². The predicted octanol–water partition coefficient (Wildman–Crippen LogP) is 0.262. The second kappa shape index (κ2) is 4.89. The third-order valence-electron chi connectivity index (χ3n) is 2.50. The summed E-state index contributed by atoms with van der Waals surface area (Å²) in [5.74, 6) is 0.956. The Kier molecular flexibility index (Phi) is 3.31. The molecule has 2 aromatic rings. The molecule has 0 fully saturated rings. The van der Waals surface area contributed by atoms with Crippen molar-refractivity contribution in [1.82, 2.24) is 29.6 Å². The van der Waals surface area contributed by atoms with Gasteiger partial charge < -0.3 is 14.5 Å². The van der Waals surface area contributed by atoms with Crippen LogP contribution in [-0.4, -0.2) is 31.4 Å². The normalized spacial score (nSPS) is 10.9. The average molecular weight is 220 g/mol. The minimum absolute atomic E-state index is 0.713. The molecule has 0 aliphatic heterocycles. The van der Waals surface area contributed by atoms with Crippen molar-refractivity contribution in [2.75, 3.05) is 7.05 Å². The topological polar surface area (TPSA) is 60.6 Å². The number of hydrogen-bond acceptors (Lipinski definition) is 4. The third-order valence-corrected chi connectivity index (χ3v) is 2.50. The molecule has 86 valence electrons. The highest BCUT2D eigenvalue weighted by atomic mass is 15.3. The summed E-state index contributed by atoms with van der Waals surface area (Å²) in [7, 11) is 1.92. The molecule has 1 N–H and O–H groups in total. The average Bonchev–Trinajstić information content (AvgIpc) is 2.89. The molecular formula is C10H16N6. The van der Waals surface area contributed by atoms with E-state index in [1.54, 1.807) is 6.33 Å². The Bertz CT molecular complexity index is 444. The van der Waals surface area contributed by atoms with Crippen LogP contribution < -0.4 is 5.32 Å². The minimum atomic E-state index is 0.713. The highest BCUT2D eigenvalue weighted by Crippen LogP contribution is 2.04. The molecule has 0 aromatic carbocycles. The number of imidazole rings is 1. The van der Waals surface area contributed by atoms with Gasteiger partial charge in [0.2, 0.25) is 0 Å². The highest BCUT2D eigenvalue weighted by molar-refractivity contribution is 5.01. The fourth-order valence-electron chi connectivity index (χ4n) is 1.64. The van der Waals surface area contributed by atoms with Crippen LogP contribution in [0.1, 0.15) is 18.4 Å². The molecule has 6 heteroatoms. The molecule has 0 radical (unpaired) electrons. The molecule has 0 aliphatic rings. The van der Waals surface area contributed by atoms with E-state index >= 15 is 0 Å². The van der Waals surface area contributed by atoms with Gasteiger partial charge in [0, 0.05) is 19.3 Å². The Labute approximate surface area is 94.3 Å². The maximum atomic E-state index is 4.14. The van der Waals surface area contributed by atoms with Gasteiger partial charge in [0.25, 0.3) is 0 Å². The molecule has 0 aliphatic carbocycles. The Balaban J connectivity index is 2.17. The molecule has 2 aromatic heterocycles. The number of rotatable bonds is 5. The Morgan fingerprint density at radius 2 is 2.19 bits per heavy atom. The van der Waals surface area contributed by atoms with E-state index in [1.807, 2.05) is 24.1 Å². The van der Waals surface area contributed by atoms with Crippen LogP contribution in [0.15, 0.2) is 18.9 Å². The van der Waals surface area contributed by atoms with Crippen LogP contribution in [0.2, 0.25) is 0 Å². The number of aryl methyl sites for hydroxylation is 1. The largest absolute Gasteiger partial charge is 0.326 e. The van der Waals surface area contributed by atoms with Crippen molar-refractivity contribution in [3.05, 3.63) is 30.4 Å². The van der Waals surface area contributed by atoms with Gasteiger partial charge in [-0.1, -0.05) is 0 Å². The van der Waals surface area contributed by atoms with E-state index < -0.39 is 0 Å². The predicted molar refractivity (Wildman–Crippen MR) is 59.8 cm³/mol. The van der Waals surface area contributed by atoms with Gasteiger partial charge in [0.1, 0.15) is 6.33 Å². The van der Waals surface area contributed by atoms with Gasteiger partial charge in [-0.05, 0) is 14.0 Å². The molecule has 0 atom stereocenters. The quantitative estimate of drug-likeness (QED) is 0.785. The molecule has 0 saturated heterocycles. The van der Waals surface area contributed by atoms with Crippen LogP contribution in [0.5, 0.6) is 0 Å². The van der Waals surface area contributed by atoms with Crippen molar-refractivity contribution in [1.29, 1.82) is 0 Å². The fourth-order valence-corrected chi connectivity index (χ4v) is 1.64. The van der Waals surface area contributed by atoms with E-state index in [0.29, 0.717) is 6.54 Å². The van der Waals surface area contributed by atoms with E-state index in [9.17, 15) is 0 Å². The fraction of sp³-hybridized carbons (Fsp3) is 0.500. The van der Waals surface area contributed by atoms with Crippen molar-refractivity contribution >= 4 is 0 Å². The van der Waals surface area contributed by atoms with Crippen LogP contribution in [0, 0.1) is 0 Å². The monoisotopic (exact) mass is 220 g/mol. The second-order valence-electron chi connectivity index (χ2n) is 3.58. The van der Waals surface area contributed by atoms with Crippen LogP contribution >= 0.6 is 0 Å². The van der Waals surface area contributed by atoms with E-state index in [2.05, 4.69) is 32.0 Å². The van der Waals surface area contributed by atoms with Crippen molar-refractivity contribution < 1.29 is 0 Å². The lowest BCUT2D eigenvalue weighted by Crippen LogP contribution is -2.13. The summed E-state index contributed by atoms with van der Waals surface area (Å²) in [6.07, 6.45) is 5.44. The zero-order valence-electron chi connectivity index (χ0n) is 9.59. The number of aromatic nitrogens is 5. The van der Waals surface area contributed by atoms with Crippen LogP contribution in [0.4, 0.5) is 0 Å². The first kappa shape index (κ1) is 10.8. The van der Waals surface area contributed by atoms with Gasteiger partial charge in [-0.15, -0.1) is 10.2 Å². The second-order valence-corrected chi connectivity index (χ2v) is 3.58. The van der Waals surface area contributed by atoms with Gasteiger partial charge in [-0.2, -0.15) is 0 Å². The maximum Gasteiger partial charge on any atom is 0.152 e. The van der Waals surface area contributed by atoms with E-state index in [1.165, 1.54) is 0 Å². The van der Waals surface area contributed by atoms with Crippen LogP contribution in [0.25, 0.3) is 0 Å². The molecule has 0 spiro atoms. The SMILES string of the molecule is CCn1cnnc1Cn1cncc1CNC.